The molecule has 0 fully saturated rings. The second kappa shape index (κ2) is 11.3. The average molecular weight is 426 g/mol. The lowest BCUT2D eigenvalue weighted by Crippen LogP contribution is -2.27. The van der Waals surface area contributed by atoms with Crippen molar-refractivity contribution in [2.45, 2.75) is 72.6 Å². The third kappa shape index (κ3) is 7.26. The van der Waals surface area contributed by atoms with Crippen molar-refractivity contribution >= 4 is 5.82 Å². The zero-order valence-electron chi connectivity index (χ0n) is 18.5. The molecule has 0 aliphatic heterocycles. The second-order valence-corrected chi connectivity index (χ2v) is 7.84. The number of ether oxygens (including phenoxy) is 1. The van der Waals surface area contributed by atoms with E-state index < -0.39 is 6.36 Å². The Bertz CT molecular complexity index is 756. The molecule has 1 atom stereocenters. The number of aryl methyl sites for hydroxylation is 1. The molecule has 4 nitrogen and oxygen atoms in total. The monoisotopic (exact) mass is 425 g/mol. The fourth-order valence-electron chi connectivity index (χ4n) is 3.30. The molecule has 1 aromatic heterocycles. The van der Waals surface area contributed by atoms with E-state index in [9.17, 15) is 13.2 Å². The lowest BCUT2D eigenvalue weighted by molar-refractivity contribution is -0.274. The molecule has 1 aromatic carbocycles. The Kier molecular flexibility index (Phi) is 9.06. The molecule has 168 valence electrons. The van der Waals surface area contributed by atoms with Gasteiger partial charge in [-0.2, -0.15) is 5.10 Å². The molecular formula is C23H34F3N3O. The largest absolute Gasteiger partial charge is 0.573 e. The summed E-state index contributed by atoms with van der Waals surface area (Å²) in [5, 5.41) is 4.84. The number of alkyl halides is 3. The van der Waals surface area contributed by atoms with Gasteiger partial charge in [0.15, 0.2) is 5.82 Å². The molecule has 0 radical (unpaired) electrons. The Morgan fingerprint density at radius 3 is 2.33 bits per heavy atom. The molecule has 0 spiro atoms. The zero-order chi connectivity index (χ0) is 22.1. The summed E-state index contributed by atoms with van der Waals surface area (Å²) in [6.45, 7) is 10.6. The Morgan fingerprint density at radius 2 is 1.77 bits per heavy atom. The van der Waals surface area contributed by atoms with E-state index >= 15 is 0 Å². The molecule has 0 bridgehead atoms. The van der Waals surface area contributed by atoms with Gasteiger partial charge >= 0.3 is 6.36 Å². The number of aromatic nitrogens is 2. The molecule has 1 unspecified atom stereocenters. The van der Waals surface area contributed by atoms with Crippen LogP contribution in [0.3, 0.4) is 0 Å². The first kappa shape index (κ1) is 24.1. The predicted octanol–water partition coefficient (Wildman–Crippen LogP) is 6.77. The van der Waals surface area contributed by atoms with Gasteiger partial charge in [-0.25, -0.2) is 4.68 Å². The highest BCUT2D eigenvalue weighted by Gasteiger charge is 2.31. The molecule has 2 aromatic rings. The van der Waals surface area contributed by atoms with E-state index in [1.165, 1.54) is 12.1 Å². The van der Waals surface area contributed by atoms with Gasteiger partial charge in [0.2, 0.25) is 0 Å². The Labute approximate surface area is 178 Å². The van der Waals surface area contributed by atoms with Crippen LogP contribution in [0.1, 0.15) is 65.5 Å². The maximum absolute atomic E-state index is 12.4. The maximum Gasteiger partial charge on any atom is 0.573 e. The molecule has 30 heavy (non-hydrogen) atoms. The summed E-state index contributed by atoms with van der Waals surface area (Å²) in [5.41, 5.74) is 1.81. The molecule has 0 aliphatic rings. The van der Waals surface area contributed by atoms with Crippen LogP contribution in [-0.2, 0) is 6.42 Å². The van der Waals surface area contributed by atoms with Crippen molar-refractivity contribution < 1.29 is 17.9 Å². The van der Waals surface area contributed by atoms with E-state index in [2.05, 4.69) is 43.4 Å². The normalized spacial score (nSPS) is 12.8. The second-order valence-electron chi connectivity index (χ2n) is 7.84. The quantitative estimate of drug-likeness (QED) is 0.376. The van der Waals surface area contributed by atoms with Crippen molar-refractivity contribution in [2.75, 3.05) is 18.0 Å². The molecule has 0 amide bonds. The summed E-state index contributed by atoms with van der Waals surface area (Å²) in [6, 6.07) is 8.04. The first-order chi connectivity index (χ1) is 14.3. The lowest BCUT2D eigenvalue weighted by Gasteiger charge is -2.23. The fourth-order valence-corrected chi connectivity index (χ4v) is 3.30. The Morgan fingerprint density at radius 1 is 1.07 bits per heavy atom. The van der Waals surface area contributed by atoms with Crippen molar-refractivity contribution in [2.24, 2.45) is 5.92 Å². The van der Waals surface area contributed by atoms with Crippen LogP contribution in [0, 0.1) is 5.92 Å². The third-order valence-corrected chi connectivity index (χ3v) is 5.28. The number of rotatable bonds is 12. The van der Waals surface area contributed by atoms with Gasteiger partial charge < -0.3 is 9.64 Å². The number of hydrogen-bond acceptors (Lipinski definition) is 3. The highest BCUT2D eigenvalue weighted by molar-refractivity contribution is 5.45. The molecule has 7 heteroatoms. The number of anilines is 1. The number of unbranched alkanes of at least 4 members (excludes halogenated alkanes) is 1. The summed E-state index contributed by atoms with van der Waals surface area (Å²) < 4.78 is 43.2. The first-order valence-electron chi connectivity index (χ1n) is 11.0. The number of halogens is 3. The van der Waals surface area contributed by atoms with E-state index in [4.69, 9.17) is 5.10 Å². The topological polar surface area (TPSA) is 30.3 Å². The summed E-state index contributed by atoms with van der Waals surface area (Å²) >= 11 is 0. The minimum absolute atomic E-state index is 0.227. The molecular weight excluding hydrogens is 391 g/mol. The Balaban J connectivity index is 2.30. The summed E-state index contributed by atoms with van der Waals surface area (Å²) in [7, 11) is 0. The van der Waals surface area contributed by atoms with Gasteiger partial charge in [0.25, 0.3) is 0 Å². The summed E-state index contributed by atoms with van der Waals surface area (Å²) in [6.07, 6.45) is 1.56. The zero-order valence-corrected chi connectivity index (χ0v) is 18.5. The van der Waals surface area contributed by atoms with Crippen LogP contribution in [0.5, 0.6) is 5.75 Å². The van der Waals surface area contributed by atoms with Crippen molar-refractivity contribution in [3.63, 3.8) is 0 Å². The van der Waals surface area contributed by atoms with Crippen molar-refractivity contribution in [1.82, 2.24) is 9.78 Å². The average Bonchev–Trinajstić information content (AvgIpc) is 3.12. The van der Waals surface area contributed by atoms with Gasteiger partial charge in [-0.1, -0.05) is 40.5 Å². The van der Waals surface area contributed by atoms with E-state index in [0.29, 0.717) is 5.92 Å². The first-order valence-corrected chi connectivity index (χ1v) is 11.0. The molecule has 2 rings (SSSR count). The van der Waals surface area contributed by atoms with Gasteiger partial charge in [-0.15, -0.1) is 13.2 Å². The van der Waals surface area contributed by atoms with Crippen LogP contribution in [0.4, 0.5) is 19.0 Å². The predicted molar refractivity (Wildman–Crippen MR) is 115 cm³/mol. The van der Waals surface area contributed by atoms with Gasteiger partial charge in [-0.3, -0.25) is 0 Å². The number of nitrogens with zero attached hydrogens (tertiary/aromatic N) is 3. The summed E-state index contributed by atoms with van der Waals surface area (Å²) in [5.74, 6) is 1.36. The van der Waals surface area contributed by atoms with Gasteiger partial charge in [0.05, 0.1) is 5.69 Å². The lowest BCUT2D eigenvalue weighted by atomic mass is 10.1. The third-order valence-electron chi connectivity index (χ3n) is 5.28. The molecule has 1 heterocycles. The highest BCUT2D eigenvalue weighted by Crippen LogP contribution is 2.26. The van der Waals surface area contributed by atoms with E-state index in [1.807, 2.05) is 4.68 Å². The Hall–Kier alpha value is -2.18. The van der Waals surface area contributed by atoms with E-state index in [-0.39, 0.29) is 5.75 Å². The SMILES string of the molecule is CCCCc1cc(N(CCC)CCC(C)CC)nn1-c1ccc(OC(F)(F)F)cc1. The van der Waals surface area contributed by atoms with Crippen LogP contribution in [0.15, 0.2) is 30.3 Å². The summed E-state index contributed by atoms with van der Waals surface area (Å²) in [4.78, 5) is 2.32. The minimum atomic E-state index is -4.69. The van der Waals surface area contributed by atoms with Crippen LogP contribution in [-0.4, -0.2) is 29.2 Å². The van der Waals surface area contributed by atoms with E-state index in [1.54, 1.807) is 12.1 Å². The highest BCUT2D eigenvalue weighted by atomic mass is 19.4. The number of benzene rings is 1. The molecule has 0 saturated heterocycles. The van der Waals surface area contributed by atoms with Gasteiger partial charge in [0.1, 0.15) is 5.75 Å². The minimum Gasteiger partial charge on any atom is -0.406 e. The number of hydrogen-bond donors (Lipinski definition) is 0. The van der Waals surface area contributed by atoms with E-state index in [0.717, 1.165) is 68.8 Å². The van der Waals surface area contributed by atoms with Crippen LogP contribution in [0.25, 0.3) is 5.69 Å². The van der Waals surface area contributed by atoms with Crippen LogP contribution in [0.2, 0.25) is 0 Å². The molecule has 0 saturated carbocycles. The van der Waals surface area contributed by atoms with Crippen LogP contribution >= 0.6 is 0 Å². The fraction of sp³-hybridized carbons (Fsp3) is 0.609. The maximum atomic E-state index is 12.4. The van der Waals surface area contributed by atoms with Crippen molar-refractivity contribution in [1.29, 1.82) is 0 Å². The van der Waals surface area contributed by atoms with Gasteiger partial charge in [0, 0.05) is 24.8 Å². The van der Waals surface area contributed by atoms with Crippen molar-refractivity contribution in [3.05, 3.63) is 36.0 Å². The molecule has 0 aliphatic carbocycles. The van der Waals surface area contributed by atoms with Gasteiger partial charge in [-0.05, 0) is 55.9 Å². The van der Waals surface area contributed by atoms with Crippen LogP contribution < -0.4 is 9.64 Å². The smallest absolute Gasteiger partial charge is 0.406 e. The standard InChI is InChI=1S/C23H34F3N3O/c1-5-8-9-20-17-22(28(15-6-2)16-14-18(4)7-3)27-29(20)19-10-12-21(13-11-19)30-23(24,25)26/h10-13,17-18H,5-9,14-16H2,1-4H3. The molecule has 0 N–H and O–H groups in total. The van der Waals surface area contributed by atoms with Crippen molar-refractivity contribution in [3.8, 4) is 11.4 Å².